The van der Waals surface area contributed by atoms with Crippen molar-refractivity contribution < 1.29 is 25.8 Å². The SMILES string of the molecule is Cc1ccc(-c2nnc(-c3ccccc3-c3ccccc3)n2-c2c(C)cccc2C)[c-]c1Oc1[c-]c2c(cc1)c1cc(C#N)ccc1n2-c1ccccn1.[Pt+2]. The molecule has 0 bridgehead atoms. The number of fused-ring (bicyclic) bond motifs is 3. The van der Waals surface area contributed by atoms with Gasteiger partial charge in [-0.15, -0.1) is 40.3 Å². The number of nitrogens with zero attached hydrogens (tertiary/aromatic N) is 6. The van der Waals surface area contributed by atoms with Crippen LogP contribution in [0.5, 0.6) is 11.5 Å². The Labute approximate surface area is 333 Å². The Morgan fingerprint density at radius 3 is 2.15 bits per heavy atom. The molecule has 0 aliphatic rings. The van der Waals surface area contributed by atoms with E-state index in [4.69, 9.17) is 14.9 Å². The molecule has 0 aliphatic heterocycles. The Morgan fingerprint density at radius 2 is 1.38 bits per heavy atom. The largest absolute Gasteiger partial charge is 2.00 e. The Morgan fingerprint density at radius 1 is 0.636 bits per heavy atom. The number of aryl methyl sites for hydroxylation is 3. The van der Waals surface area contributed by atoms with Gasteiger partial charge in [0.2, 0.25) is 0 Å². The van der Waals surface area contributed by atoms with Gasteiger partial charge in [0.05, 0.1) is 17.5 Å². The fourth-order valence-corrected chi connectivity index (χ4v) is 7.22. The van der Waals surface area contributed by atoms with Gasteiger partial charge in [0.15, 0.2) is 5.82 Å². The summed E-state index contributed by atoms with van der Waals surface area (Å²) in [5.41, 5.74) is 10.3. The molecule has 55 heavy (non-hydrogen) atoms. The van der Waals surface area contributed by atoms with Crippen molar-refractivity contribution >= 4 is 21.8 Å². The van der Waals surface area contributed by atoms with Crippen LogP contribution in [0.25, 0.3) is 67.2 Å². The van der Waals surface area contributed by atoms with E-state index in [9.17, 15) is 5.26 Å². The van der Waals surface area contributed by atoms with Gasteiger partial charge in [0.1, 0.15) is 5.82 Å². The fraction of sp³-hybridized carbons (Fsp3) is 0.0638. The molecule has 0 N–H and O–H groups in total. The van der Waals surface area contributed by atoms with Crippen molar-refractivity contribution in [2.45, 2.75) is 20.8 Å². The molecule has 0 saturated carbocycles. The molecular formula is C47H32N6OPt. The van der Waals surface area contributed by atoms with Gasteiger partial charge in [-0.2, -0.15) is 16.4 Å². The number of aromatic nitrogens is 5. The molecule has 9 rings (SSSR count). The topological polar surface area (TPSA) is 81.5 Å². The zero-order chi connectivity index (χ0) is 36.8. The van der Waals surface area contributed by atoms with Crippen LogP contribution in [0.2, 0.25) is 0 Å². The van der Waals surface area contributed by atoms with Crippen molar-refractivity contribution in [3.05, 3.63) is 174 Å². The molecule has 0 aliphatic carbocycles. The summed E-state index contributed by atoms with van der Waals surface area (Å²) in [6.45, 7) is 6.23. The summed E-state index contributed by atoms with van der Waals surface area (Å²) in [4.78, 5) is 4.64. The van der Waals surface area contributed by atoms with E-state index in [1.807, 2.05) is 84.3 Å². The van der Waals surface area contributed by atoms with Crippen LogP contribution in [0.4, 0.5) is 0 Å². The fourth-order valence-electron chi connectivity index (χ4n) is 7.22. The smallest absolute Gasteiger partial charge is 0.503 e. The summed E-state index contributed by atoms with van der Waals surface area (Å²) in [5.74, 6) is 3.21. The van der Waals surface area contributed by atoms with Crippen molar-refractivity contribution in [3.63, 3.8) is 0 Å². The minimum absolute atomic E-state index is 0. The van der Waals surface area contributed by atoms with Crippen LogP contribution in [0, 0.1) is 44.2 Å². The second-order valence-corrected chi connectivity index (χ2v) is 13.3. The molecule has 0 fully saturated rings. The molecule has 0 spiro atoms. The summed E-state index contributed by atoms with van der Waals surface area (Å²) in [6, 6.07) is 53.8. The second kappa shape index (κ2) is 14.7. The normalized spacial score (nSPS) is 11.0. The van der Waals surface area contributed by atoms with E-state index < -0.39 is 0 Å². The van der Waals surface area contributed by atoms with Gasteiger partial charge in [-0.3, -0.25) is 0 Å². The number of ether oxygens (including phenoxy) is 1. The molecule has 0 unspecified atom stereocenters. The van der Waals surface area contributed by atoms with Crippen molar-refractivity contribution in [2.24, 2.45) is 0 Å². The Bertz CT molecular complexity index is 2890. The quantitative estimate of drug-likeness (QED) is 0.149. The number of pyridine rings is 1. The van der Waals surface area contributed by atoms with Crippen molar-refractivity contribution in [2.75, 3.05) is 0 Å². The second-order valence-electron chi connectivity index (χ2n) is 13.3. The Hall–Kier alpha value is -6.61. The molecule has 7 nitrogen and oxygen atoms in total. The molecule has 8 heteroatoms. The van der Waals surface area contributed by atoms with E-state index >= 15 is 0 Å². The number of hydrogen-bond donors (Lipinski definition) is 0. The summed E-state index contributed by atoms with van der Waals surface area (Å²) in [5, 5.41) is 21.2. The summed E-state index contributed by atoms with van der Waals surface area (Å²) in [7, 11) is 0. The van der Waals surface area contributed by atoms with E-state index in [0.717, 1.165) is 78.1 Å². The van der Waals surface area contributed by atoms with Gasteiger partial charge in [-0.25, -0.2) is 4.98 Å². The third kappa shape index (κ3) is 6.31. The van der Waals surface area contributed by atoms with Gasteiger partial charge in [-0.1, -0.05) is 103 Å². The zero-order valence-electron chi connectivity index (χ0n) is 30.2. The average Bonchev–Trinajstić information content (AvgIpc) is 3.78. The maximum Gasteiger partial charge on any atom is 2.00 e. The predicted molar refractivity (Wildman–Crippen MR) is 213 cm³/mol. The van der Waals surface area contributed by atoms with Gasteiger partial charge in [-0.05, 0) is 71.8 Å². The maximum absolute atomic E-state index is 9.65. The molecule has 6 aromatic carbocycles. The van der Waals surface area contributed by atoms with Crippen LogP contribution < -0.4 is 4.74 Å². The molecule has 266 valence electrons. The first-order valence-corrected chi connectivity index (χ1v) is 17.7. The number of nitriles is 1. The third-order valence-corrected chi connectivity index (χ3v) is 9.79. The minimum Gasteiger partial charge on any atom is -0.503 e. The van der Waals surface area contributed by atoms with Gasteiger partial charge >= 0.3 is 21.1 Å². The van der Waals surface area contributed by atoms with Crippen LogP contribution in [0.15, 0.2) is 140 Å². The van der Waals surface area contributed by atoms with Crippen LogP contribution in [-0.4, -0.2) is 24.3 Å². The van der Waals surface area contributed by atoms with Crippen LogP contribution in [-0.2, 0) is 21.1 Å². The first-order chi connectivity index (χ1) is 26.5. The van der Waals surface area contributed by atoms with Crippen molar-refractivity contribution in [3.8, 4) is 63.0 Å². The molecule has 0 atom stereocenters. The molecule has 0 amide bonds. The van der Waals surface area contributed by atoms with Crippen LogP contribution in [0.1, 0.15) is 22.3 Å². The molecule has 0 radical (unpaired) electrons. The summed E-state index contributed by atoms with van der Waals surface area (Å²) in [6.07, 6.45) is 1.77. The predicted octanol–water partition coefficient (Wildman–Crippen LogP) is 10.9. The third-order valence-electron chi connectivity index (χ3n) is 9.79. The van der Waals surface area contributed by atoms with Crippen molar-refractivity contribution in [1.82, 2.24) is 24.3 Å². The van der Waals surface area contributed by atoms with E-state index in [0.29, 0.717) is 22.9 Å². The number of para-hydroxylation sites is 1. The zero-order valence-corrected chi connectivity index (χ0v) is 32.5. The van der Waals surface area contributed by atoms with Crippen LogP contribution >= 0.6 is 0 Å². The minimum atomic E-state index is 0. The average molecular weight is 892 g/mol. The van der Waals surface area contributed by atoms with Crippen molar-refractivity contribution in [1.29, 1.82) is 5.26 Å². The molecule has 0 saturated heterocycles. The number of benzene rings is 6. The van der Waals surface area contributed by atoms with E-state index in [1.165, 1.54) is 0 Å². The first-order valence-electron chi connectivity index (χ1n) is 17.7. The Balaban J connectivity index is 0.00000427. The van der Waals surface area contributed by atoms with Crippen LogP contribution in [0.3, 0.4) is 0 Å². The van der Waals surface area contributed by atoms with E-state index in [2.05, 4.69) is 102 Å². The summed E-state index contributed by atoms with van der Waals surface area (Å²) >= 11 is 0. The molecule has 3 heterocycles. The maximum atomic E-state index is 9.65. The van der Waals surface area contributed by atoms with E-state index in [-0.39, 0.29) is 21.1 Å². The monoisotopic (exact) mass is 891 g/mol. The standard InChI is InChI=1S/C47H32N6O.Pt/c1-30-19-21-35(27-43(30)54-36-22-23-38-40-26-33(29-48)20-24-41(40)52(42(38)28-36)44-18-9-10-25-49-44)46-50-51-47(53(46)45-31(2)12-11-13-32(45)3)39-17-8-7-16-37(39)34-14-5-4-6-15-34;/h4-26H,1-3H3;/q-2;+2. The van der Waals surface area contributed by atoms with Gasteiger partial charge in [0, 0.05) is 34.5 Å². The number of hydrogen-bond acceptors (Lipinski definition) is 5. The Kier molecular flexibility index (Phi) is 9.44. The summed E-state index contributed by atoms with van der Waals surface area (Å²) < 4.78 is 10.8. The molecule has 3 aromatic heterocycles. The first kappa shape index (κ1) is 35.4. The number of rotatable bonds is 7. The molecule has 9 aromatic rings. The van der Waals surface area contributed by atoms with Gasteiger partial charge < -0.3 is 13.9 Å². The van der Waals surface area contributed by atoms with Gasteiger partial charge in [0.25, 0.3) is 0 Å². The molecular weight excluding hydrogens is 860 g/mol. The van der Waals surface area contributed by atoms with E-state index in [1.54, 1.807) is 6.20 Å².